The van der Waals surface area contributed by atoms with Gasteiger partial charge in [0.15, 0.2) is 5.96 Å². The second-order valence-corrected chi connectivity index (χ2v) is 8.44. The first kappa shape index (κ1) is 24.3. The lowest BCUT2D eigenvalue weighted by molar-refractivity contribution is -0.127. The SMILES string of the molecule is CN(C)C(=O)CN=C(NCC1(c2ccccc2F)CC1)NC1CCOc2ccccc21.I. The summed E-state index contributed by atoms with van der Waals surface area (Å²) in [5.74, 6) is 1.16. The fourth-order valence-electron chi connectivity index (χ4n) is 3.93. The van der Waals surface area contributed by atoms with E-state index in [4.69, 9.17) is 4.74 Å². The number of ether oxygens (including phenoxy) is 1. The number of carbonyl (C=O) groups excluding carboxylic acids is 1. The van der Waals surface area contributed by atoms with Gasteiger partial charge in [0.1, 0.15) is 18.1 Å². The summed E-state index contributed by atoms with van der Waals surface area (Å²) in [7, 11) is 3.43. The highest BCUT2D eigenvalue weighted by atomic mass is 127. The number of aliphatic imine (C=N–C) groups is 1. The van der Waals surface area contributed by atoms with Crippen molar-refractivity contribution in [2.24, 2.45) is 4.99 Å². The van der Waals surface area contributed by atoms with Crippen molar-refractivity contribution in [3.05, 3.63) is 65.5 Å². The highest BCUT2D eigenvalue weighted by molar-refractivity contribution is 14.0. The lowest BCUT2D eigenvalue weighted by atomic mass is 9.95. The lowest BCUT2D eigenvalue weighted by Gasteiger charge is -2.29. The summed E-state index contributed by atoms with van der Waals surface area (Å²) < 4.78 is 20.2. The van der Waals surface area contributed by atoms with Crippen LogP contribution in [0.1, 0.15) is 36.4 Å². The monoisotopic (exact) mass is 552 g/mol. The Hall–Kier alpha value is -2.36. The number of nitrogens with zero attached hydrogens (tertiary/aromatic N) is 2. The maximum Gasteiger partial charge on any atom is 0.243 e. The number of halogens is 2. The number of amides is 1. The van der Waals surface area contributed by atoms with Gasteiger partial charge < -0.3 is 20.3 Å². The molecular weight excluding hydrogens is 522 g/mol. The van der Waals surface area contributed by atoms with E-state index in [1.165, 1.54) is 11.0 Å². The molecule has 32 heavy (non-hydrogen) atoms. The van der Waals surface area contributed by atoms with Crippen LogP contribution >= 0.6 is 24.0 Å². The maximum atomic E-state index is 14.4. The highest BCUT2D eigenvalue weighted by Crippen LogP contribution is 2.48. The van der Waals surface area contributed by atoms with Crippen LogP contribution in [0.5, 0.6) is 5.75 Å². The minimum Gasteiger partial charge on any atom is -0.493 e. The van der Waals surface area contributed by atoms with Crippen LogP contribution in [0.15, 0.2) is 53.5 Å². The number of para-hydroxylation sites is 1. The first-order valence-corrected chi connectivity index (χ1v) is 10.7. The van der Waals surface area contributed by atoms with Crippen LogP contribution in [-0.4, -0.2) is 50.6 Å². The predicted octanol–water partition coefficient (Wildman–Crippen LogP) is 3.62. The molecule has 1 amide bonds. The second-order valence-electron chi connectivity index (χ2n) is 8.44. The van der Waals surface area contributed by atoms with Crippen LogP contribution in [0, 0.1) is 5.82 Å². The number of fused-ring (bicyclic) bond motifs is 1. The number of rotatable bonds is 6. The molecule has 4 rings (SSSR count). The van der Waals surface area contributed by atoms with Crippen LogP contribution in [0.4, 0.5) is 4.39 Å². The zero-order valence-electron chi connectivity index (χ0n) is 18.4. The van der Waals surface area contributed by atoms with Gasteiger partial charge in [-0.2, -0.15) is 0 Å². The molecule has 0 radical (unpaired) electrons. The van der Waals surface area contributed by atoms with Crippen LogP contribution < -0.4 is 15.4 Å². The topological polar surface area (TPSA) is 66.0 Å². The Labute approximate surface area is 205 Å². The summed E-state index contributed by atoms with van der Waals surface area (Å²) in [6.45, 7) is 1.21. The van der Waals surface area contributed by atoms with Gasteiger partial charge in [-0.3, -0.25) is 4.79 Å². The Kier molecular flexibility index (Phi) is 7.97. The molecule has 172 valence electrons. The quantitative estimate of drug-likeness (QED) is 0.327. The van der Waals surface area contributed by atoms with Crippen molar-refractivity contribution >= 4 is 35.8 Å². The van der Waals surface area contributed by atoms with Crippen LogP contribution in [0.25, 0.3) is 0 Å². The molecule has 2 aliphatic rings. The fourth-order valence-corrected chi connectivity index (χ4v) is 3.93. The van der Waals surface area contributed by atoms with Crippen molar-refractivity contribution in [3.8, 4) is 5.75 Å². The smallest absolute Gasteiger partial charge is 0.243 e. The molecule has 1 saturated carbocycles. The average Bonchev–Trinajstić information content (AvgIpc) is 3.56. The summed E-state index contributed by atoms with van der Waals surface area (Å²) in [6.07, 6.45) is 2.63. The molecule has 6 nitrogen and oxygen atoms in total. The molecule has 1 aliphatic heterocycles. The van der Waals surface area contributed by atoms with Gasteiger partial charge in [-0.1, -0.05) is 36.4 Å². The van der Waals surface area contributed by atoms with Crippen molar-refractivity contribution in [1.82, 2.24) is 15.5 Å². The standard InChI is InChI=1S/C24H29FN4O2.HI/c1-29(2)22(30)15-26-23(28-20-11-14-31-21-10-6-3-7-17(20)21)27-16-24(12-13-24)18-8-4-5-9-19(18)25;/h3-10,20H,11-16H2,1-2H3,(H2,26,27,28);1H. The molecule has 0 bridgehead atoms. The summed E-state index contributed by atoms with van der Waals surface area (Å²) >= 11 is 0. The minimum atomic E-state index is -0.229. The molecular formula is C24H30FIN4O2. The minimum absolute atomic E-state index is 0. The van der Waals surface area contributed by atoms with E-state index >= 15 is 0 Å². The second kappa shape index (κ2) is 10.5. The molecule has 1 fully saturated rings. The van der Waals surface area contributed by atoms with Crippen LogP contribution in [0.2, 0.25) is 0 Å². The number of guanidine groups is 1. The number of likely N-dealkylation sites (N-methyl/N-ethyl adjacent to an activating group) is 1. The molecule has 1 unspecified atom stereocenters. The summed E-state index contributed by atoms with van der Waals surface area (Å²) in [4.78, 5) is 18.2. The lowest BCUT2D eigenvalue weighted by Crippen LogP contribution is -2.44. The first-order valence-electron chi connectivity index (χ1n) is 10.7. The number of benzene rings is 2. The first-order chi connectivity index (χ1) is 15.0. The molecule has 1 heterocycles. The van der Waals surface area contributed by atoms with Crippen molar-refractivity contribution in [3.63, 3.8) is 0 Å². The molecule has 2 aromatic carbocycles. The fraction of sp³-hybridized carbons (Fsp3) is 0.417. The van der Waals surface area contributed by atoms with Crippen LogP contribution in [0.3, 0.4) is 0 Å². The van der Waals surface area contributed by atoms with Crippen molar-refractivity contribution in [1.29, 1.82) is 0 Å². The molecule has 2 aromatic rings. The molecule has 8 heteroatoms. The van der Waals surface area contributed by atoms with Gasteiger partial charge >= 0.3 is 0 Å². The zero-order valence-corrected chi connectivity index (χ0v) is 20.8. The van der Waals surface area contributed by atoms with E-state index in [2.05, 4.69) is 15.6 Å². The molecule has 1 aliphatic carbocycles. The Morgan fingerprint density at radius 2 is 1.91 bits per heavy atom. The Morgan fingerprint density at radius 1 is 1.19 bits per heavy atom. The molecule has 0 aromatic heterocycles. The Balaban J connectivity index is 0.00000289. The third-order valence-electron chi connectivity index (χ3n) is 6.03. The number of hydrogen-bond acceptors (Lipinski definition) is 3. The predicted molar refractivity (Wildman–Crippen MR) is 134 cm³/mol. The van der Waals surface area contributed by atoms with E-state index < -0.39 is 0 Å². The average molecular weight is 552 g/mol. The number of nitrogens with one attached hydrogen (secondary N) is 2. The van der Waals surface area contributed by atoms with Crippen molar-refractivity contribution in [2.45, 2.75) is 30.7 Å². The van der Waals surface area contributed by atoms with E-state index in [1.54, 1.807) is 20.2 Å². The van der Waals surface area contributed by atoms with Gasteiger partial charge in [0, 0.05) is 38.0 Å². The van der Waals surface area contributed by atoms with E-state index in [1.807, 2.05) is 36.4 Å². The maximum absolute atomic E-state index is 14.4. The number of carbonyl (C=O) groups is 1. The largest absolute Gasteiger partial charge is 0.493 e. The van der Waals surface area contributed by atoms with Gasteiger partial charge in [0.05, 0.1) is 12.6 Å². The zero-order chi connectivity index (χ0) is 21.8. The van der Waals surface area contributed by atoms with E-state index in [-0.39, 0.29) is 53.7 Å². The van der Waals surface area contributed by atoms with Crippen molar-refractivity contribution in [2.75, 3.05) is 33.8 Å². The van der Waals surface area contributed by atoms with Crippen molar-refractivity contribution < 1.29 is 13.9 Å². The third kappa shape index (κ3) is 5.51. The summed E-state index contributed by atoms with van der Waals surface area (Å²) in [5, 5.41) is 6.85. The van der Waals surface area contributed by atoms with E-state index in [9.17, 15) is 9.18 Å². The summed E-state index contributed by atoms with van der Waals surface area (Å²) in [5.41, 5.74) is 1.58. The van der Waals surface area contributed by atoms with E-state index in [0.717, 1.165) is 36.1 Å². The van der Waals surface area contributed by atoms with Gasteiger partial charge in [-0.25, -0.2) is 9.38 Å². The summed E-state index contributed by atoms with van der Waals surface area (Å²) in [6, 6.07) is 14.9. The Bertz CT molecular complexity index is 978. The van der Waals surface area contributed by atoms with Gasteiger partial charge in [-0.05, 0) is 30.5 Å². The molecule has 1 atom stereocenters. The third-order valence-corrected chi connectivity index (χ3v) is 6.03. The van der Waals surface area contributed by atoms with Gasteiger partial charge in [-0.15, -0.1) is 24.0 Å². The van der Waals surface area contributed by atoms with Gasteiger partial charge in [0.2, 0.25) is 5.91 Å². The van der Waals surface area contributed by atoms with Gasteiger partial charge in [0.25, 0.3) is 0 Å². The normalized spacial score (nSPS) is 18.5. The molecule has 0 saturated heterocycles. The van der Waals surface area contributed by atoms with Crippen LogP contribution in [-0.2, 0) is 10.2 Å². The van der Waals surface area contributed by atoms with E-state index in [0.29, 0.717) is 19.1 Å². The highest BCUT2D eigenvalue weighted by Gasteiger charge is 2.46. The number of hydrogen-bond donors (Lipinski definition) is 2. The Morgan fingerprint density at radius 3 is 2.62 bits per heavy atom. The molecule has 2 N–H and O–H groups in total. The molecule has 0 spiro atoms.